The highest BCUT2D eigenvalue weighted by Crippen LogP contribution is 2.37. The Morgan fingerprint density at radius 2 is 1.78 bits per heavy atom. The third-order valence-electron chi connectivity index (χ3n) is 6.06. The molecular weight excluding hydrogens is 470 g/mol. The molecule has 0 saturated carbocycles. The van der Waals surface area contributed by atoms with Crippen LogP contribution < -0.4 is 15.0 Å². The van der Waals surface area contributed by atoms with Crippen LogP contribution in [-0.2, 0) is 15.0 Å². The first kappa shape index (κ1) is 23.8. The second-order valence-electron chi connectivity index (χ2n) is 9.73. The Labute approximate surface area is 214 Å². The molecule has 5 rings (SSSR count). The highest BCUT2D eigenvalue weighted by molar-refractivity contribution is 7.13. The fraction of sp³-hybridized carbons (Fsp3) is 0.207. The van der Waals surface area contributed by atoms with Gasteiger partial charge in [-0.1, -0.05) is 63.2 Å². The zero-order valence-corrected chi connectivity index (χ0v) is 21.3. The van der Waals surface area contributed by atoms with Crippen LogP contribution in [0, 0.1) is 0 Å². The summed E-state index contributed by atoms with van der Waals surface area (Å²) < 4.78 is 5.64. The molecule has 2 heterocycles. The summed E-state index contributed by atoms with van der Waals surface area (Å²) in [4.78, 5) is 31.9. The van der Waals surface area contributed by atoms with Crippen LogP contribution in [0.5, 0.6) is 5.75 Å². The lowest BCUT2D eigenvalue weighted by molar-refractivity contribution is -0.123. The van der Waals surface area contributed by atoms with Gasteiger partial charge in [-0.2, -0.15) is 0 Å². The molecule has 0 unspecified atom stereocenters. The molecule has 36 heavy (non-hydrogen) atoms. The number of anilines is 2. The van der Waals surface area contributed by atoms with Crippen LogP contribution in [0.2, 0.25) is 0 Å². The predicted octanol–water partition coefficient (Wildman–Crippen LogP) is 6.14. The Kier molecular flexibility index (Phi) is 6.33. The van der Waals surface area contributed by atoms with Crippen LogP contribution in [0.15, 0.2) is 78.2 Å². The lowest BCUT2D eigenvalue weighted by Crippen LogP contribution is -2.43. The van der Waals surface area contributed by atoms with E-state index in [2.05, 4.69) is 26.1 Å². The minimum atomic E-state index is -0.273. The summed E-state index contributed by atoms with van der Waals surface area (Å²) in [5, 5.41) is 5.82. The van der Waals surface area contributed by atoms with Crippen molar-refractivity contribution in [3.63, 3.8) is 0 Å². The lowest BCUT2D eigenvalue weighted by atomic mass is 9.87. The van der Waals surface area contributed by atoms with Gasteiger partial charge in [-0.15, -0.1) is 11.3 Å². The van der Waals surface area contributed by atoms with E-state index in [1.54, 1.807) is 11.3 Å². The lowest BCUT2D eigenvalue weighted by Gasteiger charge is -2.29. The van der Waals surface area contributed by atoms with Gasteiger partial charge in [0.05, 0.1) is 11.4 Å². The largest absolute Gasteiger partial charge is 0.482 e. The number of fused-ring (bicyclic) bond motifs is 1. The van der Waals surface area contributed by atoms with Crippen molar-refractivity contribution in [2.75, 3.05) is 23.4 Å². The second-order valence-corrected chi connectivity index (χ2v) is 10.6. The molecule has 4 aromatic rings. The van der Waals surface area contributed by atoms with Crippen LogP contribution in [0.25, 0.3) is 21.8 Å². The minimum Gasteiger partial charge on any atom is -0.482 e. The first-order valence-corrected chi connectivity index (χ1v) is 12.6. The summed E-state index contributed by atoms with van der Waals surface area (Å²) >= 11 is 1.56. The number of amides is 2. The topological polar surface area (TPSA) is 71.5 Å². The van der Waals surface area contributed by atoms with E-state index in [0.717, 1.165) is 21.8 Å². The van der Waals surface area contributed by atoms with Gasteiger partial charge < -0.3 is 10.1 Å². The third-order valence-corrected chi connectivity index (χ3v) is 6.95. The van der Waals surface area contributed by atoms with E-state index in [0.29, 0.717) is 17.1 Å². The first-order valence-electron chi connectivity index (χ1n) is 11.8. The number of rotatable bonds is 5. The Morgan fingerprint density at radius 1 is 1.03 bits per heavy atom. The number of aromatic nitrogens is 1. The molecular formula is C29H27N3O3S. The fourth-order valence-electron chi connectivity index (χ4n) is 4.05. The van der Waals surface area contributed by atoms with Gasteiger partial charge in [0.25, 0.3) is 5.91 Å². The highest BCUT2D eigenvalue weighted by Gasteiger charge is 2.28. The molecule has 0 aliphatic carbocycles. The van der Waals surface area contributed by atoms with E-state index in [9.17, 15) is 9.59 Å². The number of hydrogen-bond donors (Lipinski definition) is 1. The van der Waals surface area contributed by atoms with Crippen LogP contribution >= 0.6 is 11.3 Å². The van der Waals surface area contributed by atoms with Gasteiger partial charge in [-0.05, 0) is 41.3 Å². The first-order chi connectivity index (χ1) is 17.3. The highest BCUT2D eigenvalue weighted by atomic mass is 32.1. The molecule has 182 valence electrons. The van der Waals surface area contributed by atoms with Crippen molar-refractivity contribution in [3.8, 4) is 27.6 Å². The average molecular weight is 498 g/mol. The SMILES string of the molecule is CC(C)(C)c1ccc(NC(=O)CN2C(=O)COc3ccc(-c4csc(-c5ccccc5)n4)cc32)cc1. The molecule has 0 saturated heterocycles. The fourth-order valence-corrected chi connectivity index (χ4v) is 4.89. The molecule has 1 N–H and O–H groups in total. The summed E-state index contributed by atoms with van der Waals surface area (Å²) in [7, 11) is 0. The van der Waals surface area contributed by atoms with Crippen molar-refractivity contribution in [1.29, 1.82) is 0 Å². The van der Waals surface area contributed by atoms with E-state index in [1.807, 2.05) is 78.2 Å². The summed E-state index contributed by atoms with van der Waals surface area (Å²) in [6, 6.07) is 23.4. The number of carbonyl (C=O) groups is 2. The molecule has 2 amide bonds. The van der Waals surface area contributed by atoms with E-state index >= 15 is 0 Å². The molecule has 7 heteroatoms. The van der Waals surface area contributed by atoms with E-state index < -0.39 is 0 Å². The molecule has 0 radical (unpaired) electrons. The smallest absolute Gasteiger partial charge is 0.265 e. The zero-order valence-electron chi connectivity index (χ0n) is 20.4. The van der Waals surface area contributed by atoms with Crippen molar-refractivity contribution >= 4 is 34.5 Å². The van der Waals surface area contributed by atoms with Gasteiger partial charge in [0.1, 0.15) is 17.3 Å². The third kappa shape index (κ3) is 5.02. The minimum absolute atomic E-state index is 0.0311. The number of hydrogen-bond acceptors (Lipinski definition) is 5. The van der Waals surface area contributed by atoms with E-state index in [1.165, 1.54) is 10.5 Å². The van der Waals surface area contributed by atoms with Crippen LogP contribution in [-0.4, -0.2) is 29.9 Å². The van der Waals surface area contributed by atoms with Crippen molar-refractivity contribution in [3.05, 3.63) is 83.7 Å². The van der Waals surface area contributed by atoms with Crippen LogP contribution in [0.1, 0.15) is 26.3 Å². The maximum Gasteiger partial charge on any atom is 0.265 e. The van der Waals surface area contributed by atoms with Gasteiger partial charge in [-0.25, -0.2) is 4.98 Å². The number of thiazole rings is 1. The molecule has 3 aromatic carbocycles. The summed E-state index contributed by atoms with van der Waals surface area (Å²) in [6.45, 7) is 6.22. The Bertz CT molecular complexity index is 1410. The monoisotopic (exact) mass is 497 g/mol. The van der Waals surface area contributed by atoms with Gasteiger partial charge in [-0.3, -0.25) is 14.5 Å². The number of benzene rings is 3. The van der Waals surface area contributed by atoms with Crippen molar-refractivity contribution in [2.24, 2.45) is 0 Å². The normalized spacial score (nSPS) is 13.2. The Morgan fingerprint density at radius 3 is 2.50 bits per heavy atom. The summed E-state index contributed by atoms with van der Waals surface area (Å²) in [5.74, 6) is 0.0328. The van der Waals surface area contributed by atoms with Gasteiger partial charge >= 0.3 is 0 Å². The molecule has 1 aliphatic heterocycles. The Balaban J connectivity index is 1.35. The molecule has 6 nitrogen and oxygen atoms in total. The second kappa shape index (κ2) is 9.59. The number of ether oxygens (including phenoxy) is 1. The van der Waals surface area contributed by atoms with Crippen LogP contribution in [0.4, 0.5) is 11.4 Å². The van der Waals surface area contributed by atoms with Crippen molar-refractivity contribution in [1.82, 2.24) is 4.98 Å². The van der Waals surface area contributed by atoms with Gasteiger partial charge in [0.2, 0.25) is 5.91 Å². The number of nitrogens with one attached hydrogen (secondary N) is 1. The maximum absolute atomic E-state index is 12.9. The zero-order chi connectivity index (χ0) is 25.3. The van der Waals surface area contributed by atoms with Crippen LogP contribution in [0.3, 0.4) is 0 Å². The molecule has 1 aliphatic rings. The summed E-state index contributed by atoms with van der Waals surface area (Å²) in [6.07, 6.45) is 0. The summed E-state index contributed by atoms with van der Waals surface area (Å²) in [5.41, 5.74) is 5.19. The van der Waals surface area contributed by atoms with Crippen molar-refractivity contribution in [2.45, 2.75) is 26.2 Å². The number of carbonyl (C=O) groups excluding carboxylic acids is 2. The quantitative estimate of drug-likeness (QED) is 0.360. The molecule has 0 atom stereocenters. The number of nitrogens with zero attached hydrogens (tertiary/aromatic N) is 2. The van der Waals surface area contributed by atoms with Gasteiger partial charge in [0.15, 0.2) is 6.61 Å². The van der Waals surface area contributed by atoms with E-state index in [-0.39, 0.29) is 30.4 Å². The maximum atomic E-state index is 12.9. The average Bonchev–Trinajstić information content (AvgIpc) is 3.36. The molecule has 0 bridgehead atoms. The van der Waals surface area contributed by atoms with Gasteiger partial charge in [0, 0.05) is 22.2 Å². The van der Waals surface area contributed by atoms with Crippen molar-refractivity contribution < 1.29 is 14.3 Å². The molecule has 0 fully saturated rings. The molecule has 0 spiro atoms. The molecule has 1 aromatic heterocycles. The predicted molar refractivity (Wildman–Crippen MR) is 145 cm³/mol. The Hall–Kier alpha value is -3.97. The standard InChI is InChI=1S/C29H27N3O3S/c1-29(2,3)21-10-12-22(13-11-21)30-26(33)16-32-24-15-20(9-14-25(24)35-17-27(32)34)23-18-36-28(31-23)19-7-5-4-6-8-19/h4-15,18H,16-17H2,1-3H3,(H,30,33). The van der Waals surface area contributed by atoms with E-state index in [4.69, 9.17) is 9.72 Å².